The van der Waals surface area contributed by atoms with Gasteiger partial charge in [0, 0.05) is 11.8 Å². The van der Waals surface area contributed by atoms with Crippen LogP contribution in [0.25, 0.3) is 0 Å². The average molecular weight is 369 g/mol. The topological polar surface area (TPSA) is 66.8 Å². The SMILES string of the molecule is C=CC(=O)OCCCCCCCCCCCCSP(O)(O)=S. The molecule has 0 aliphatic heterocycles. The number of rotatable bonds is 15. The normalized spacial score (nSPS) is 11.4. The molecule has 0 saturated carbocycles. The summed E-state index contributed by atoms with van der Waals surface area (Å²) in [6.45, 7) is 3.85. The van der Waals surface area contributed by atoms with Gasteiger partial charge >= 0.3 is 5.97 Å². The maximum Gasteiger partial charge on any atom is 0.330 e. The van der Waals surface area contributed by atoms with Crippen LogP contribution in [-0.4, -0.2) is 28.1 Å². The van der Waals surface area contributed by atoms with Crippen LogP contribution in [0.5, 0.6) is 0 Å². The summed E-state index contributed by atoms with van der Waals surface area (Å²) in [6.07, 6.45) is 12.8. The summed E-state index contributed by atoms with van der Waals surface area (Å²) < 4.78 is 4.91. The van der Waals surface area contributed by atoms with Gasteiger partial charge in [-0.3, -0.25) is 0 Å². The van der Waals surface area contributed by atoms with Gasteiger partial charge in [0.25, 0.3) is 0 Å². The van der Waals surface area contributed by atoms with E-state index in [1.54, 1.807) is 0 Å². The minimum atomic E-state index is -3.04. The molecule has 4 nitrogen and oxygen atoms in total. The van der Waals surface area contributed by atoms with Crippen LogP contribution in [0.15, 0.2) is 12.7 Å². The van der Waals surface area contributed by atoms with Crippen molar-refractivity contribution in [1.29, 1.82) is 0 Å². The van der Waals surface area contributed by atoms with Crippen molar-refractivity contribution >= 4 is 34.9 Å². The number of unbranched alkanes of at least 4 members (excludes halogenated alkanes) is 9. The Hall–Kier alpha value is 0.130. The fraction of sp³-hybridized carbons (Fsp3) is 0.800. The number of esters is 1. The largest absolute Gasteiger partial charge is 0.463 e. The first-order valence-corrected chi connectivity index (χ1v) is 12.2. The van der Waals surface area contributed by atoms with Gasteiger partial charge in [-0.15, -0.1) is 0 Å². The van der Waals surface area contributed by atoms with E-state index >= 15 is 0 Å². The van der Waals surface area contributed by atoms with Gasteiger partial charge in [-0.25, -0.2) is 4.79 Å². The molecule has 130 valence electrons. The van der Waals surface area contributed by atoms with Gasteiger partial charge < -0.3 is 14.5 Å². The summed E-state index contributed by atoms with van der Waals surface area (Å²) in [5.74, 6) is 0.414. The zero-order valence-electron chi connectivity index (χ0n) is 13.2. The summed E-state index contributed by atoms with van der Waals surface area (Å²) in [6, 6.07) is 0. The van der Waals surface area contributed by atoms with Crippen LogP contribution in [0, 0.1) is 0 Å². The molecule has 0 radical (unpaired) electrons. The van der Waals surface area contributed by atoms with Gasteiger partial charge in [0.05, 0.1) is 6.61 Å². The number of hydrogen-bond donors (Lipinski definition) is 2. The second-order valence-corrected chi connectivity index (χ2v) is 11.4. The lowest BCUT2D eigenvalue weighted by Gasteiger charge is -2.06. The molecule has 0 fully saturated rings. The summed E-state index contributed by atoms with van der Waals surface area (Å²) >= 11 is 5.66. The fourth-order valence-electron chi connectivity index (χ4n) is 2.03. The van der Waals surface area contributed by atoms with E-state index in [1.807, 2.05) is 0 Å². The predicted molar refractivity (Wildman–Crippen MR) is 98.5 cm³/mol. The molecule has 0 heterocycles. The van der Waals surface area contributed by atoms with Crippen LogP contribution in [0.4, 0.5) is 0 Å². The first-order valence-electron chi connectivity index (χ1n) is 7.95. The molecule has 22 heavy (non-hydrogen) atoms. The lowest BCUT2D eigenvalue weighted by Crippen LogP contribution is -2.01. The zero-order valence-corrected chi connectivity index (χ0v) is 15.8. The standard InChI is InChI=1S/C15H29O4PS2/c1-2-15(16)19-13-11-9-7-5-3-4-6-8-10-12-14-22-20(17,18)21/h2H,1,3-14H2,(H2,17,18,21). The van der Waals surface area contributed by atoms with Crippen LogP contribution in [-0.2, 0) is 21.3 Å². The molecule has 0 rings (SSSR count). The van der Waals surface area contributed by atoms with Gasteiger partial charge in [0.2, 0.25) is 5.69 Å². The molecule has 0 spiro atoms. The van der Waals surface area contributed by atoms with E-state index in [-0.39, 0.29) is 5.97 Å². The Morgan fingerprint density at radius 2 is 1.45 bits per heavy atom. The molecular weight excluding hydrogens is 339 g/mol. The van der Waals surface area contributed by atoms with E-state index in [2.05, 4.69) is 18.4 Å². The second-order valence-electron chi connectivity index (χ2n) is 5.23. The molecule has 0 aliphatic rings. The van der Waals surface area contributed by atoms with Crippen LogP contribution in [0.3, 0.4) is 0 Å². The number of carbonyl (C=O) groups excluding carboxylic acids is 1. The lowest BCUT2D eigenvalue weighted by molar-refractivity contribution is -0.137. The Morgan fingerprint density at radius 1 is 1.00 bits per heavy atom. The van der Waals surface area contributed by atoms with Crippen LogP contribution >= 0.6 is 17.1 Å². The Labute approximate surface area is 143 Å². The Bertz CT molecular complexity index is 344. The number of hydrogen-bond acceptors (Lipinski definition) is 4. The molecule has 0 aliphatic carbocycles. The highest BCUT2D eigenvalue weighted by atomic mass is 32.9. The van der Waals surface area contributed by atoms with Gasteiger partial charge in [-0.1, -0.05) is 69.3 Å². The number of carbonyl (C=O) groups is 1. The Kier molecular flexibility index (Phi) is 14.8. The monoisotopic (exact) mass is 368 g/mol. The van der Waals surface area contributed by atoms with E-state index in [9.17, 15) is 4.79 Å². The molecule has 0 bridgehead atoms. The van der Waals surface area contributed by atoms with Crippen molar-refractivity contribution in [3.63, 3.8) is 0 Å². The van der Waals surface area contributed by atoms with Crippen molar-refractivity contribution in [2.75, 3.05) is 12.4 Å². The first-order chi connectivity index (χ1) is 10.5. The molecule has 0 aromatic rings. The Balaban J connectivity index is 3.10. The molecular formula is C15H29O4PS2. The maximum atomic E-state index is 10.8. The minimum Gasteiger partial charge on any atom is -0.463 e. The minimum absolute atomic E-state index is 0.336. The second kappa shape index (κ2) is 14.7. The van der Waals surface area contributed by atoms with E-state index in [1.165, 1.54) is 44.6 Å². The quantitative estimate of drug-likeness (QED) is 0.191. The molecule has 2 N–H and O–H groups in total. The third kappa shape index (κ3) is 18.2. The van der Waals surface area contributed by atoms with Crippen molar-refractivity contribution in [3.8, 4) is 0 Å². The molecule has 0 aromatic carbocycles. The van der Waals surface area contributed by atoms with Crippen molar-refractivity contribution in [2.45, 2.75) is 64.2 Å². The summed E-state index contributed by atoms with van der Waals surface area (Å²) in [5, 5.41) is 0. The van der Waals surface area contributed by atoms with E-state index in [0.29, 0.717) is 6.61 Å². The predicted octanol–water partition coefficient (Wildman–Crippen LogP) is 4.56. The van der Waals surface area contributed by atoms with E-state index < -0.39 is 5.69 Å². The zero-order chi connectivity index (χ0) is 16.7. The van der Waals surface area contributed by atoms with Crippen molar-refractivity contribution in [3.05, 3.63) is 12.7 Å². The van der Waals surface area contributed by atoms with Gasteiger partial charge in [-0.05, 0) is 24.6 Å². The highest BCUT2D eigenvalue weighted by molar-refractivity contribution is 8.67. The Morgan fingerprint density at radius 3 is 1.91 bits per heavy atom. The molecule has 0 atom stereocenters. The van der Waals surface area contributed by atoms with Crippen molar-refractivity contribution < 1.29 is 19.3 Å². The molecule has 0 saturated heterocycles. The smallest absolute Gasteiger partial charge is 0.330 e. The highest BCUT2D eigenvalue weighted by Gasteiger charge is 2.06. The third-order valence-electron chi connectivity index (χ3n) is 3.21. The summed E-state index contributed by atoms with van der Waals surface area (Å²) in [7, 11) is 0. The molecule has 0 amide bonds. The summed E-state index contributed by atoms with van der Waals surface area (Å²) in [5.41, 5.74) is -3.04. The lowest BCUT2D eigenvalue weighted by atomic mass is 10.1. The van der Waals surface area contributed by atoms with Crippen LogP contribution < -0.4 is 0 Å². The molecule has 0 aromatic heterocycles. The van der Waals surface area contributed by atoms with E-state index in [4.69, 9.17) is 14.5 Å². The summed E-state index contributed by atoms with van der Waals surface area (Å²) in [4.78, 5) is 28.9. The van der Waals surface area contributed by atoms with Crippen LogP contribution in [0.1, 0.15) is 64.2 Å². The van der Waals surface area contributed by atoms with Gasteiger partial charge in [0.1, 0.15) is 0 Å². The molecule has 0 unspecified atom stereocenters. The highest BCUT2D eigenvalue weighted by Crippen LogP contribution is 2.50. The van der Waals surface area contributed by atoms with Crippen molar-refractivity contribution in [1.82, 2.24) is 0 Å². The van der Waals surface area contributed by atoms with E-state index in [0.717, 1.165) is 42.8 Å². The van der Waals surface area contributed by atoms with Crippen LogP contribution in [0.2, 0.25) is 0 Å². The molecule has 7 heteroatoms. The fourth-order valence-corrected chi connectivity index (χ4v) is 4.38. The van der Waals surface area contributed by atoms with Crippen molar-refractivity contribution in [2.24, 2.45) is 0 Å². The first kappa shape index (κ1) is 22.1. The maximum absolute atomic E-state index is 10.8. The third-order valence-corrected chi connectivity index (χ3v) is 6.52. The number of ether oxygens (including phenoxy) is 1. The van der Waals surface area contributed by atoms with Gasteiger partial charge in [-0.2, -0.15) is 0 Å². The van der Waals surface area contributed by atoms with Gasteiger partial charge in [0.15, 0.2) is 0 Å². The average Bonchev–Trinajstić information content (AvgIpc) is 2.46.